The molecule has 0 atom stereocenters. The van der Waals surface area contributed by atoms with Crippen molar-refractivity contribution in [3.8, 4) is 0 Å². The van der Waals surface area contributed by atoms with Crippen LogP contribution in [0.2, 0.25) is 0 Å². The van der Waals surface area contributed by atoms with Crippen LogP contribution in [0.4, 0.5) is 0 Å². The molecule has 13 heavy (non-hydrogen) atoms. The van der Waals surface area contributed by atoms with E-state index in [1.54, 1.807) is 0 Å². The molecule has 0 spiro atoms. The summed E-state index contributed by atoms with van der Waals surface area (Å²) in [4.78, 5) is 0. The highest BCUT2D eigenvalue weighted by atomic mass is 16.5. The lowest BCUT2D eigenvalue weighted by Gasteiger charge is -2.19. The number of rotatable bonds is 2. The molecule has 1 heterocycles. The minimum Gasteiger partial charge on any atom is -0.381 e. The number of hydrogen-bond acceptors (Lipinski definition) is 2. The summed E-state index contributed by atoms with van der Waals surface area (Å²) < 4.78 is 5.20. The molecule has 0 unspecified atom stereocenters. The lowest BCUT2D eigenvalue weighted by Crippen LogP contribution is -2.14. The van der Waals surface area contributed by atoms with Crippen LogP contribution in [0.15, 0.2) is 0 Å². The predicted molar refractivity (Wildman–Crippen MR) is 55.6 cm³/mol. The normalized spacial score (nSPS) is 23.5. The molecule has 2 heteroatoms. The Bertz CT molecular complexity index is 117. The van der Waals surface area contributed by atoms with Gasteiger partial charge in [-0.1, -0.05) is 13.3 Å². The lowest BCUT2D eigenvalue weighted by atomic mass is 9.98. The Morgan fingerprint density at radius 2 is 1.69 bits per heavy atom. The van der Waals surface area contributed by atoms with Crippen molar-refractivity contribution in [3.05, 3.63) is 0 Å². The van der Waals surface area contributed by atoms with E-state index in [1.807, 2.05) is 0 Å². The van der Waals surface area contributed by atoms with Crippen molar-refractivity contribution in [2.75, 3.05) is 19.8 Å². The van der Waals surface area contributed by atoms with Crippen LogP contribution in [-0.4, -0.2) is 19.8 Å². The van der Waals surface area contributed by atoms with Gasteiger partial charge in [-0.05, 0) is 44.1 Å². The minimum absolute atomic E-state index is 0.912. The Balaban J connectivity index is 0.000000145. The molecule has 0 bridgehead atoms. The van der Waals surface area contributed by atoms with Crippen LogP contribution >= 0.6 is 0 Å². The number of hydrogen-bond donors (Lipinski definition) is 1. The van der Waals surface area contributed by atoms with Gasteiger partial charge in [0.25, 0.3) is 0 Å². The Kier molecular flexibility index (Phi) is 5.40. The Hall–Kier alpha value is -0.0800. The van der Waals surface area contributed by atoms with E-state index in [9.17, 15) is 0 Å². The van der Waals surface area contributed by atoms with Gasteiger partial charge in [-0.15, -0.1) is 0 Å². The molecule has 0 radical (unpaired) electrons. The molecule has 1 aliphatic heterocycles. The average molecular weight is 185 g/mol. The molecule has 2 aliphatic rings. The molecular formula is C11H23NO. The van der Waals surface area contributed by atoms with Gasteiger partial charge in [-0.25, -0.2) is 0 Å². The summed E-state index contributed by atoms with van der Waals surface area (Å²) in [6.45, 7) is 5.17. The minimum atomic E-state index is 0.912. The zero-order valence-electron chi connectivity index (χ0n) is 8.80. The molecule has 78 valence electrons. The van der Waals surface area contributed by atoms with E-state index in [2.05, 4.69) is 6.92 Å². The van der Waals surface area contributed by atoms with Gasteiger partial charge in [-0.2, -0.15) is 0 Å². The highest BCUT2D eigenvalue weighted by Gasteiger charge is 2.17. The average Bonchev–Trinajstić information content (AvgIpc) is 3.03. The van der Waals surface area contributed by atoms with Crippen LogP contribution in [0.1, 0.15) is 39.0 Å². The molecule has 2 fully saturated rings. The van der Waals surface area contributed by atoms with Crippen LogP contribution in [-0.2, 0) is 4.74 Å². The van der Waals surface area contributed by atoms with Crippen molar-refractivity contribution in [2.45, 2.75) is 39.0 Å². The van der Waals surface area contributed by atoms with Crippen molar-refractivity contribution >= 4 is 0 Å². The van der Waals surface area contributed by atoms with Crippen LogP contribution in [0, 0.1) is 11.8 Å². The summed E-state index contributed by atoms with van der Waals surface area (Å²) in [5.41, 5.74) is 5.23. The first-order valence-corrected chi connectivity index (χ1v) is 5.64. The second kappa shape index (κ2) is 6.39. The van der Waals surface area contributed by atoms with Gasteiger partial charge in [0.15, 0.2) is 0 Å². The molecule has 1 saturated carbocycles. The molecule has 0 aromatic rings. The first-order valence-electron chi connectivity index (χ1n) is 5.64. The van der Waals surface area contributed by atoms with E-state index in [4.69, 9.17) is 10.5 Å². The summed E-state index contributed by atoms with van der Waals surface area (Å²) >= 11 is 0. The Morgan fingerprint density at radius 1 is 1.08 bits per heavy atom. The zero-order chi connectivity index (χ0) is 9.52. The van der Waals surface area contributed by atoms with Crippen molar-refractivity contribution in [3.63, 3.8) is 0 Å². The maximum atomic E-state index is 5.23. The zero-order valence-corrected chi connectivity index (χ0v) is 8.80. The first kappa shape index (κ1) is 11.0. The third-order valence-corrected chi connectivity index (χ3v) is 2.95. The van der Waals surface area contributed by atoms with Gasteiger partial charge in [0.2, 0.25) is 0 Å². The third kappa shape index (κ3) is 5.27. The van der Waals surface area contributed by atoms with Gasteiger partial charge >= 0.3 is 0 Å². The lowest BCUT2D eigenvalue weighted by molar-refractivity contribution is 0.0654. The Labute approximate surface area is 81.8 Å². The van der Waals surface area contributed by atoms with Gasteiger partial charge in [-0.3, -0.25) is 0 Å². The monoisotopic (exact) mass is 185 g/mol. The Morgan fingerprint density at radius 3 is 1.92 bits per heavy atom. The standard InChI is InChI=1S/C7H14O.C4H9N/c1-2-7-3-5-8-6-4-7;5-3-4-1-2-4/h7H,2-6H2,1H3;4H,1-3,5H2. The van der Waals surface area contributed by atoms with Gasteiger partial charge in [0, 0.05) is 13.2 Å². The van der Waals surface area contributed by atoms with E-state index >= 15 is 0 Å². The predicted octanol–water partition coefficient (Wildman–Crippen LogP) is 2.18. The largest absolute Gasteiger partial charge is 0.381 e. The molecule has 1 aliphatic carbocycles. The van der Waals surface area contributed by atoms with Gasteiger partial charge in [0.05, 0.1) is 0 Å². The molecule has 0 aromatic heterocycles. The molecule has 0 aromatic carbocycles. The first-order chi connectivity index (χ1) is 6.36. The third-order valence-electron chi connectivity index (χ3n) is 2.95. The molecule has 2 nitrogen and oxygen atoms in total. The van der Waals surface area contributed by atoms with E-state index in [-0.39, 0.29) is 0 Å². The maximum Gasteiger partial charge on any atom is 0.0468 e. The second-order valence-electron chi connectivity index (χ2n) is 4.14. The molecular weight excluding hydrogens is 162 g/mol. The van der Waals surface area contributed by atoms with Crippen LogP contribution in [0.5, 0.6) is 0 Å². The fourth-order valence-corrected chi connectivity index (χ4v) is 1.51. The van der Waals surface area contributed by atoms with Crippen molar-refractivity contribution < 1.29 is 4.74 Å². The summed E-state index contributed by atoms with van der Waals surface area (Å²) in [6, 6.07) is 0. The summed E-state index contributed by atoms with van der Waals surface area (Å²) in [6.07, 6.45) is 6.68. The van der Waals surface area contributed by atoms with Crippen LogP contribution < -0.4 is 5.73 Å². The smallest absolute Gasteiger partial charge is 0.0468 e. The molecule has 2 rings (SSSR count). The van der Waals surface area contributed by atoms with E-state index in [0.717, 1.165) is 31.6 Å². The highest BCUT2D eigenvalue weighted by molar-refractivity contribution is 4.72. The molecule has 1 saturated heterocycles. The number of ether oxygens (including phenoxy) is 1. The van der Waals surface area contributed by atoms with E-state index in [0.29, 0.717) is 0 Å². The van der Waals surface area contributed by atoms with Crippen molar-refractivity contribution in [2.24, 2.45) is 17.6 Å². The van der Waals surface area contributed by atoms with Gasteiger partial charge < -0.3 is 10.5 Å². The van der Waals surface area contributed by atoms with Gasteiger partial charge in [0.1, 0.15) is 0 Å². The summed E-state index contributed by atoms with van der Waals surface area (Å²) in [5, 5.41) is 0. The summed E-state index contributed by atoms with van der Waals surface area (Å²) in [5.74, 6) is 1.87. The highest BCUT2D eigenvalue weighted by Crippen LogP contribution is 2.26. The molecule has 2 N–H and O–H groups in total. The maximum absolute atomic E-state index is 5.23. The van der Waals surface area contributed by atoms with Crippen LogP contribution in [0.25, 0.3) is 0 Å². The number of nitrogens with two attached hydrogens (primary N) is 1. The summed E-state index contributed by atoms with van der Waals surface area (Å²) in [7, 11) is 0. The van der Waals surface area contributed by atoms with E-state index in [1.165, 1.54) is 32.1 Å². The SMILES string of the molecule is CCC1CCOCC1.NCC1CC1. The van der Waals surface area contributed by atoms with Crippen LogP contribution in [0.3, 0.4) is 0 Å². The quantitative estimate of drug-likeness (QED) is 0.715. The van der Waals surface area contributed by atoms with Crippen molar-refractivity contribution in [1.82, 2.24) is 0 Å². The topological polar surface area (TPSA) is 35.2 Å². The fraction of sp³-hybridized carbons (Fsp3) is 1.00. The second-order valence-corrected chi connectivity index (χ2v) is 4.14. The molecule has 0 amide bonds. The van der Waals surface area contributed by atoms with Crippen molar-refractivity contribution in [1.29, 1.82) is 0 Å². The fourth-order valence-electron chi connectivity index (χ4n) is 1.51. The van der Waals surface area contributed by atoms with E-state index < -0.39 is 0 Å².